The van der Waals surface area contributed by atoms with Crippen LogP contribution in [0.25, 0.3) is 0 Å². The Hall–Kier alpha value is -2.10. The second-order valence-corrected chi connectivity index (χ2v) is 4.75. The van der Waals surface area contributed by atoms with Crippen LogP contribution in [-0.4, -0.2) is 0 Å². The molecule has 2 N–H and O–H groups in total. The number of rotatable bonds is 4. The second kappa shape index (κ2) is 5.90. The van der Waals surface area contributed by atoms with E-state index < -0.39 is 11.6 Å². The van der Waals surface area contributed by atoms with Gasteiger partial charge in [0.25, 0.3) is 0 Å². The Labute approximate surface area is 117 Å². The summed E-state index contributed by atoms with van der Waals surface area (Å²) >= 11 is 0. The topological polar surface area (TPSA) is 35.2 Å². The number of ether oxygens (including phenoxy) is 1. The van der Waals surface area contributed by atoms with Gasteiger partial charge in [-0.15, -0.1) is 0 Å². The van der Waals surface area contributed by atoms with Crippen LogP contribution < -0.4 is 10.5 Å². The van der Waals surface area contributed by atoms with E-state index in [4.69, 9.17) is 10.5 Å². The normalized spacial score (nSPS) is 12.2. The number of anilines is 1. The van der Waals surface area contributed by atoms with Gasteiger partial charge in [-0.1, -0.05) is 32.0 Å². The first-order valence-corrected chi connectivity index (χ1v) is 6.54. The summed E-state index contributed by atoms with van der Waals surface area (Å²) < 4.78 is 32.3. The minimum atomic E-state index is -0.818. The average molecular weight is 277 g/mol. The van der Waals surface area contributed by atoms with Crippen molar-refractivity contribution in [3.05, 3.63) is 53.6 Å². The van der Waals surface area contributed by atoms with E-state index in [1.54, 1.807) is 6.07 Å². The van der Waals surface area contributed by atoms with Gasteiger partial charge in [0.1, 0.15) is 17.3 Å². The fourth-order valence-electron chi connectivity index (χ4n) is 1.96. The molecule has 106 valence electrons. The van der Waals surface area contributed by atoms with Crippen molar-refractivity contribution in [2.45, 2.75) is 26.2 Å². The van der Waals surface area contributed by atoms with Crippen LogP contribution in [0.15, 0.2) is 36.4 Å². The number of nitrogens with two attached hydrogens (primary N) is 1. The molecule has 4 heteroatoms. The van der Waals surface area contributed by atoms with E-state index in [2.05, 4.69) is 13.8 Å². The smallest absolute Gasteiger partial charge is 0.156 e. The summed E-state index contributed by atoms with van der Waals surface area (Å²) in [5.41, 5.74) is 6.39. The highest BCUT2D eigenvalue weighted by atomic mass is 19.1. The molecular weight excluding hydrogens is 260 g/mol. The molecule has 0 heterocycles. The zero-order valence-corrected chi connectivity index (χ0v) is 11.5. The maximum Gasteiger partial charge on any atom is 0.156 e. The maximum atomic E-state index is 13.4. The highest BCUT2D eigenvalue weighted by Gasteiger charge is 2.14. The summed E-state index contributed by atoms with van der Waals surface area (Å²) in [4.78, 5) is 0. The standard InChI is InChI=1S/C16H17F2NO/c1-3-10(2)12-6-4-5-7-14(12)20-15-9-11(17)8-13(18)16(15)19/h4-10H,3,19H2,1-2H3. The predicted octanol–water partition coefficient (Wildman–Crippen LogP) is 4.85. The van der Waals surface area contributed by atoms with Crippen molar-refractivity contribution in [3.8, 4) is 11.5 Å². The molecular formula is C16H17F2NO. The second-order valence-electron chi connectivity index (χ2n) is 4.75. The first-order chi connectivity index (χ1) is 9.52. The van der Waals surface area contributed by atoms with E-state index in [1.807, 2.05) is 18.2 Å². The van der Waals surface area contributed by atoms with Crippen molar-refractivity contribution in [1.82, 2.24) is 0 Å². The summed E-state index contributed by atoms with van der Waals surface area (Å²) in [6.07, 6.45) is 0.938. The summed E-state index contributed by atoms with van der Waals surface area (Å²) in [7, 11) is 0. The third-order valence-electron chi connectivity index (χ3n) is 3.34. The Morgan fingerprint density at radius 3 is 2.55 bits per heavy atom. The Kier molecular flexibility index (Phi) is 4.23. The van der Waals surface area contributed by atoms with Crippen LogP contribution >= 0.6 is 0 Å². The van der Waals surface area contributed by atoms with Crippen LogP contribution in [0.4, 0.5) is 14.5 Å². The first kappa shape index (κ1) is 14.3. The fourth-order valence-corrected chi connectivity index (χ4v) is 1.96. The molecule has 1 atom stereocenters. The van der Waals surface area contributed by atoms with E-state index in [0.29, 0.717) is 5.75 Å². The molecule has 2 aromatic rings. The molecule has 0 radical (unpaired) electrons. The van der Waals surface area contributed by atoms with Gasteiger partial charge in [-0.25, -0.2) is 8.78 Å². The Bertz CT molecular complexity index is 613. The Morgan fingerprint density at radius 1 is 1.15 bits per heavy atom. The molecule has 0 aromatic heterocycles. The van der Waals surface area contributed by atoms with Crippen LogP contribution in [0.2, 0.25) is 0 Å². The van der Waals surface area contributed by atoms with E-state index in [9.17, 15) is 8.78 Å². The highest BCUT2D eigenvalue weighted by molar-refractivity contribution is 5.55. The lowest BCUT2D eigenvalue weighted by Crippen LogP contribution is -2.00. The van der Waals surface area contributed by atoms with Crippen molar-refractivity contribution < 1.29 is 13.5 Å². The van der Waals surface area contributed by atoms with Crippen molar-refractivity contribution in [2.75, 3.05) is 5.73 Å². The molecule has 0 bridgehead atoms. The maximum absolute atomic E-state index is 13.4. The molecule has 1 unspecified atom stereocenters. The molecule has 0 spiro atoms. The van der Waals surface area contributed by atoms with Gasteiger partial charge in [-0.3, -0.25) is 0 Å². The number of benzene rings is 2. The van der Waals surface area contributed by atoms with Gasteiger partial charge in [0.15, 0.2) is 11.6 Å². The lowest BCUT2D eigenvalue weighted by atomic mass is 9.98. The van der Waals surface area contributed by atoms with Crippen LogP contribution in [0.3, 0.4) is 0 Å². The number of para-hydroxylation sites is 1. The average Bonchev–Trinajstić information content (AvgIpc) is 2.44. The lowest BCUT2D eigenvalue weighted by molar-refractivity contribution is 0.461. The quantitative estimate of drug-likeness (QED) is 0.810. The number of hydrogen-bond acceptors (Lipinski definition) is 2. The predicted molar refractivity (Wildman–Crippen MR) is 76.0 cm³/mol. The van der Waals surface area contributed by atoms with Gasteiger partial charge in [-0.05, 0) is 24.0 Å². The number of halogens is 2. The van der Waals surface area contributed by atoms with Crippen LogP contribution in [0.1, 0.15) is 31.7 Å². The monoisotopic (exact) mass is 277 g/mol. The zero-order chi connectivity index (χ0) is 14.7. The Morgan fingerprint density at radius 2 is 1.85 bits per heavy atom. The molecule has 0 aliphatic carbocycles. The minimum Gasteiger partial charge on any atom is -0.455 e. The van der Waals surface area contributed by atoms with Crippen molar-refractivity contribution in [3.63, 3.8) is 0 Å². The summed E-state index contributed by atoms with van der Waals surface area (Å²) in [6.45, 7) is 4.13. The zero-order valence-electron chi connectivity index (χ0n) is 11.5. The third-order valence-corrected chi connectivity index (χ3v) is 3.34. The first-order valence-electron chi connectivity index (χ1n) is 6.54. The van der Waals surface area contributed by atoms with Crippen LogP contribution in [0, 0.1) is 11.6 Å². The largest absolute Gasteiger partial charge is 0.455 e. The Balaban J connectivity index is 2.40. The minimum absolute atomic E-state index is 0.00162. The molecule has 2 rings (SSSR count). The van der Waals surface area contributed by atoms with E-state index in [0.717, 1.165) is 24.1 Å². The highest BCUT2D eigenvalue weighted by Crippen LogP contribution is 2.35. The molecule has 0 saturated heterocycles. The molecule has 2 aromatic carbocycles. The molecule has 0 aliphatic rings. The number of nitrogen functional groups attached to an aromatic ring is 1. The van der Waals surface area contributed by atoms with Gasteiger partial charge in [0.05, 0.1) is 0 Å². The molecule has 2 nitrogen and oxygen atoms in total. The summed E-state index contributed by atoms with van der Waals surface area (Å²) in [6, 6.07) is 9.25. The number of hydrogen-bond donors (Lipinski definition) is 1. The van der Waals surface area contributed by atoms with Crippen LogP contribution in [-0.2, 0) is 0 Å². The van der Waals surface area contributed by atoms with E-state index >= 15 is 0 Å². The lowest BCUT2D eigenvalue weighted by Gasteiger charge is -2.16. The van der Waals surface area contributed by atoms with Gasteiger partial charge in [-0.2, -0.15) is 0 Å². The molecule has 20 heavy (non-hydrogen) atoms. The summed E-state index contributed by atoms with van der Waals surface area (Å²) in [5.74, 6) is -0.684. The molecule has 0 amide bonds. The van der Waals surface area contributed by atoms with Crippen LogP contribution in [0.5, 0.6) is 11.5 Å². The van der Waals surface area contributed by atoms with Crippen molar-refractivity contribution >= 4 is 5.69 Å². The molecule has 0 aliphatic heterocycles. The van der Waals surface area contributed by atoms with E-state index in [-0.39, 0.29) is 17.4 Å². The van der Waals surface area contributed by atoms with Gasteiger partial charge in [0, 0.05) is 12.1 Å². The van der Waals surface area contributed by atoms with E-state index in [1.165, 1.54) is 0 Å². The van der Waals surface area contributed by atoms with Gasteiger partial charge >= 0.3 is 0 Å². The molecule has 0 fully saturated rings. The van der Waals surface area contributed by atoms with Gasteiger partial charge < -0.3 is 10.5 Å². The van der Waals surface area contributed by atoms with Crippen molar-refractivity contribution in [1.29, 1.82) is 0 Å². The molecule has 0 saturated carbocycles. The summed E-state index contributed by atoms with van der Waals surface area (Å²) in [5, 5.41) is 0. The van der Waals surface area contributed by atoms with Crippen molar-refractivity contribution in [2.24, 2.45) is 0 Å². The third kappa shape index (κ3) is 2.90. The fraction of sp³-hybridized carbons (Fsp3) is 0.250. The SMILES string of the molecule is CCC(C)c1ccccc1Oc1cc(F)cc(F)c1N. The van der Waals surface area contributed by atoms with Gasteiger partial charge in [0.2, 0.25) is 0 Å².